The summed E-state index contributed by atoms with van der Waals surface area (Å²) in [7, 11) is 0. The third-order valence-electron chi connectivity index (χ3n) is 4.67. The lowest BCUT2D eigenvalue weighted by Crippen LogP contribution is -2.28. The third-order valence-corrected chi connectivity index (χ3v) is 6.18. The number of aromatic nitrogens is 2. The minimum Gasteiger partial charge on any atom is -0.369 e. The number of fused-ring (bicyclic) bond motifs is 1. The Morgan fingerprint density at radius 1 is 1.42 bits per heavy atom. The summed E-state index contributed by atoms with van der Waals surface area (Å²) in [5.74, 6) is -0.0824. The number of amides is 1. The molecule has 1 fully saturated rings. The van der Waals surface area contributed by atoms with Crippen LogP contribution in [0.25, 0.3) is 10.1 Å². The van der Waals surface area contributed by atoms with Crippen molar-refractivity contribution in [2.75, 3.05) is 13.1 Å². The monoisotopic (exact) mass is 387 g/mol. The highest BCUT2D eigenvalue weighted by molar-refractivity contribution is 7.18. The van der Waals surface area contributed by atoms with E-state index in [1.165, 1.54) is 6.08 Å². The summed E-state index contributed by atoms with van der Waals surface area (Å²) < 4.78 is 9.17. The maximum atomic E-state index is 12.0. The van der Waals surface area contributed by atoms with E-state index < -0.39 is 0 Å². The van der Waals surface area contributed by atoms with E-state index in [4.69, 9.17) is 16.3 Å². The van der Waals surface area contributed by atoms with Crippen LogP contribution in [0.5, 0.6) is 0 Å². The van der Waals surface area contributed by atoms with Crippen LogP contribution in [0.1, 0.15) is 11.6 Å². The highest BCUT2D eigenvalue weighted by Gasteiger charge is 2.36. The molecule has 0 spiro atoms. The number of hydrogen-bond acceptors (Lipinski definition) is 4. The maximum Gasteiger partial charge on any atom is 0.246 e. The van der Waals surface area contributed by atoms with Crippen LogP contribution in [0.2, 0.25) is 5.02 Å². The number of ether oxygens (including phenoxy) is 1. The Kier molecular flexibility index (Phi) is 4.80. The van der Waals surface area contributed by atoms with Crippen molar-refractivity contribution in [3.63, 3.8) is 0 Å². The first-order chi connectivity index (χ1) is 12.7. The molecule has 0 unspecified atom stereocenters. The minimum atomic E-state index is -0.132. The van der Waals surface area contributed by atoms with Gasteiger partial charge in [-0.15, -0.1) is 11.3 Å². The second-order valence-corrected chi connectivity index (χ2v) is 7.51. The normalized spacial score (nSPS) is 20.0. The Bertz CT molecular complexity index is 938. The maximum absolute atomic E-state index is 12.0. The van der Waals surface area contributed by atoms with Gasteiger partial charge in [-0.05, 0) is 34.5 Å². The zero-order valence-electron chi connectivity index (χ0n) is 14.0. The molecule has 1 amide bonds. The van der Waals surface area contributed by atoms with Gasteiger partial charge in [0.25, 0.3) is 0 Å². The van der Waals surface area contributed by atoms with Crippen LogP contribution in [-0.4, -0.2) is 39.8 Å². The molecule has 5 nitrogen and oxygen atoms in total. The average Bonchev–Trinajstić information content (AvgIpc) is 3.38. The minimum absolute atomic E-state index is 0.0117. The molecule has 0 bridgehead atoms. The Balaban J connectivity index is 1.54. The average molecular weight is 388 g/mol. The molecular weight excluding hydrogens is 370 g/mol. The quantitative estimate of drug-likeness (QED) is 0.624. The smallest absolute Gasteiger partial charge is 0.246 e. The number of rotatable bonds is 5. The van der Waals surface area contributed by atoms with Gasteiger partial charge in [0.1, 0.15) is 0 Å². The molecule has 26 heavy (non-hydrogen) atoms. The molecule has 2 atom stereocenters. The first kappa shape index (κ1) is 17.3. The first-order valence-corrected chi connectivity index (χ1v) is 9.60. The van der Waals surface area contributed by atoms with Gasteiger partial charge in [0.05, 0.1) is 28.5 Å². The predicted octanol–water partition coefficient (Wildman–Crippen LogP) is 3.91. The van der Waals surface area contributed by atoms with E-state index in [-0.39, 0.29) is 18.1 Å². The molecule has 3 heterocycles. The number of likely N-dealkylation sites (tertiary alicyclic amines) is 1. The fourth-order valence-corrected chi connectivity index (χ4v) is 4.61. The van der Waals surface area contributed by atoms with Crippen LogP contribution < -0.4 is 0 Å². The molecule has 4 rings (SSSR count). The molecule has 0 aliphatic carbocycles. The topological polar surface area (TPSA) is 47.4 Å². The Labute approximate surface area is 160 Å². The second-order valence-electron chi connectivity index (χ2n) is 6.23. The lowest BCUT2D eigenvalue weighted by molar-refractivity contribution is -0.125. The lowest BCUT2D eigenvalue weighted by atomic mass is 10.2. The summed E-state index contributed by atoms with van der Waals surface area (Å²) >= 11 is 7.89. The van der Waals surface area contributed by atoms with Crippen molar-refractivity contribution >= 4 is 38.9 Å². The highest BCUT2D eigenvalue weighted by atomic mass is 35.5. The molecule has 1 aliphatic rings. The number of benzene rings is 1. The number of carbonyl (C=O) groups excluding carboxylic acids is 1. The summed E-state index contributed by atoms with van der Waals surface area (Å²) in [6.07, 6.45) is 4.86. The summed E-state index contributed by atoms with van der Waals surface area (Å²) in [5, 5.41) is 8.30. The van der Waals surface area contributed by atoms with Crippen LogP contribution in [-0.2, 0) is 16.1 Å². The third kappa shape index (κ3) is 3.16. The first-order valence-electron chi connectivity index (χ1n) is 8.34. The van der Waals surface area contributed by atoms with Gasteiger partial charge in [0.2, 0.25) is 5.91 Å². The van der Waals surface area contributed by atoms with Crippen LogP contribution in [0.15, 0.2) is 54.7 Å². The van der Waals surface area contributed by atoms with Gasteiger partial charge in [-0.2, -0.15) is 5.10 Å². The van der Waals surface area contributed by atoms with E-state index in [2.05, 4.69) is 23.1 Å². The molecule has 134 valence electrons. The molecule has 3 aromatic rings. The number of hydrogen-bond donors (Lipinski definition) is 0. The molecule has 2 aromatic heterocycles. The molecule has 7 heteroatoms. The van der Waals surface area contributed by atoms with E-state index in [1.54, 1.807) is 22.4 Å². The standard InChI is InChI=1S/C19H18ClN3O2S/c1-2-18(24)22-9-16(23-8-4-7-21-23)17(10-22)25-11-13-12-26-19-14(13)5-3-6-15(19)20/h2-8,12,16-17H,1,9-11H2/t16-,17-/m1/s1. The zero-order chi connectivity index (χ0) is 18.1. The van der Waals surface area contributed by atoms with Gasteiger partial charge in [0, 0.05) is 25.5 Å². The molecule has 0 saturated carbocycles. The van der Waals surface area contributed by atoms with Gasteiger partial charge in [0.15, 0.2) is 0 Å². The van der Waals surface area contributed by atoms with Crippen LogP contribution in [0, 0.1) is 0 Å². The Morgan fingerprint density at radius 2 is 2.31 bits per heavy atom. The summed E-state index contributed by atoms with van der Waals surface area (Å²) in [4.78, 5) is 13.8. The van der Waals surface area contributed by atoms with Crippen LogP contribution in [0.4, 0.5) is 0 Å². The SMILES string of the molecule is C=CC(=O)N1C[C@@H](n2cccn2)[C@H](OCc2csc3c(Cl)cccc23)C1. The summed E-state index contributed by atoms with van der Waals surface area (Å²) in [5.41, 5.74) is 1.11. The van der Waals surface area contributed by atoms with Crippen molar-refractivity contribution in [1.82, 2.24) is 14.7 Å². The van der Waals surface area contributed by atoms with Crippen molar-refractivity contribution in [3.05, 3.63) is 65.3 Å². The van der Waals surface area contributed by atoms with E-state index in [1.807, 2.05) is 29.1 Å². The Hall–Kier alpha value is -2.15. The van der Waals surface area contributed by atoms with Gasteiger partial charge in [-0.25, -0.2) is 0 Å². The van der Waals surface area contributed by atoms with Gasteiger partial charge < -0.3 is 9.64 Å². The van der Waals surface area contributed by atoms with E-state index >= 15 is 0 Å². The van der Waals surface area contributed by atoms with E-state index in [9.17, 15) is 4.79 Å². The van der Waals surface area contributed by atoms with Gasteiger partial charge >= 0.3 is 0 Å². The fraction of sp³-hybridized carbons (Fsp3) is 0.263. The van der Waals surface area contributed by atoms with E-state index in [0.717, 1.165) is 20.7 Å². The molecule has 1 saturated heterocycles. The molecule has 0 N–H and O–H groups in total. The van der Waals surface area contributed by atoms with E-state index in [0.29, 0.717) is 19.7 Å². The number of carbonyl (C=O) groups is 1. The number of thiophene rings is 1. The molecule has 1 aromatic carbocycles. The highest BCUT2D eigenvalue weighted by Crippen LogP contribution is 2.33. The van der Waals surface area contributed by atoms with Crippen molar-refractivity contribution in [3.8, 4) is 0 Å². The van der Waals surface area contributed by atoms with Crippen LogP contribution in [0.3, 0.4) is 0 Å². The van der Waals surface area contributed by atoms with Gasteiger partial charge in [-0.1, -0.05) is 30.3 Å². The number of nitrogens with zero attached hydrogens (tertiary/aromatic N) is 3. The van der Waals surface area contributed by atoms with Crippen molar-refractivity contribution < 1.29 is 9.53 Å². The fourth-order valence-electron chi connectivity index (χ4n) is 3.34. The Morgan fingerprint density at radius 3 is 3.08 bits per heavy atom. The van der Waals surface area contributed by atoms with Crippen molar-refractivity contribution in [2.45, 2.75) is 18.8 Å². The van der Waals surface area contributed by atoms with Crippen molar-refractivity contribution in [1.29, 1.82) is 0 Å². The second kappa shape index (κ2) is 7.23. The van der Waals surface area contributed by atoms with Gasteiger partial charge in [-0.3, -0.25) is 9.48 Å². The zero-order valence-corrected chi connectivity index (χ0v) is 15.6. The largest absolute Gasteiger partial charge is 0.369 e. The summed E-state index contributed by atoms with van der Waals surface area (Å²) in [6.45, 7) is 5.14. The van der Waals surface area contributed by atoms with Crippen LogP contribution >= 0.6 is 22.9 Å². The molecule has 0 radical (unpaired) electrons. The summed E-state index contributed by atoms with van der Waals surface area (Å²) in [6, 6.07) is 7.78. The molecular formula is C19H18ClN3O2S. The lowest BCUT2D eigenvalue weighted by Gasteiger charge is -2.19. The number of halogens is 1. The predicted molar refractivity (Wildman–Crippen MR) is 103 cm³/mol. The van der Waals surface area contributed by atoms with Crippen molar-refractivity contribution in [2.24, 2.45) is 0 Å². The molecule has 1 aliphatic heterocycles.